The van der Waals surface area contributed by atoms with Crippen LogP contribution in [0, 0.1) is 20.8 Å². The maximum Gasteiger partial charge on any atom is 0.186 e. The van der Waals surface area contributed by atoms with E-state index in [1.807, 2.05) is 32.9 Å². The van der Waals surface area contributed by atoms with Crippen molar-refractivity contribution in [2.24, 2.45) is 0 Å². The molecule has 0 radical (unpaired) electrons. The fourth-order valence-corrected chi connectivity index (χ4v) is 3.79. The number of Topliss-reactive ketones (excluding diaryl/α,β-unsaturated/α-hetero) is 1. The molecular weight excluding hydrogens is 337 g/mol. The first kappa shape index (κ1) is 17.5. The van der Waals surface area contributed by atoms with Gasteiger partial charge in [-0.05, 0) is 31.9 Å². The summed E-state index contributed by atoms with van der Waals surface area (Å²) in [5, 5.41) is 0. The van der Waals surface area contributed by atoms with Crippen LogP contribution in [0.2, 0.25) is 0 Å². The van der Waals surface area contributed by atoms with E-state index in [0.29, 0.717) is 22.9 Å². The van der Waals surface area contributed by atoms with E-state index in [9.17, 15) is 9.69 Å². The van der Waals surface area contributed by atoms with Crippen LogP contribution in [0.4, 0.5) is 5.82 Å². The number of nitrogens with two attached hydrogens (primary N) is 1. The van der Waals surface area contributed by atoms with Gasteiger partial charge in [-0.25, -0.2) is 15.0 Å². The summed E-state index contributed by atoms with van der Waals surface area (Å²) in [6.07, 6.45) is 3.18. The molecule has 0 bridgehead atoms. The van der Waals surface area contributed by atoms with Crippen LogP contribution in [-0.2, 0) is 0 Å². The Balaban J connectivity index is 2.13. The van der Waals surface area contributed by atoms with Gasteiger partial charge in [0.15, 0.2) is 17.2 Å². The lowest BCUT2D eigenvalue weighted by molar-refractivity contribution is 0.0937. The van der Waals surface area contributed by atoms with Crippen LogP contribution >= 0.6 is 8.81 Å². The number of rotatable bonds is 5. The number of hydrogen-bond donors (Lipinski definition) is 2. The molecule has 0 amide bonds. The minimum atomic E-state index is -0.595. The number of aromatic nitrogens is 4. The number of aryl methyl sites for hydroxylation is 3. The summed E-state index contributed by atoms with van der Waals surface area (Å²) in [5.74, 6) is 0.206. The summed E-state index contributed by atoms with van der Waals surface area (Å²) in [4.78, 5) is 35.2. The lowest BCUT2D eigenvalue weighted by Gasteiger charge is -2.19. The van der Waals surface area contributed by atoms with Gasteiger partial charge in [-0.15, -0.1) is 0 Å². The Hall–Kier alpha value is -2.37. The van der Waals surface area contributed by atoms with Crippen LogP contribution in [-0.4, -0.2) is 36.4 Å². The first-order valence-electron chi connectivity index (χ1n) is 7.86. The van der Waals surface area contributed by atoms with Crippen molar-refractivity contribution in [1.29, 1.82) is 0 Å². The molecule has 3 rings (SSSR count). The molecule has 1 aromatic carbocycles. The van der Waals surface area contributed by atoms with Gasteiger partial charge >= 0.3 is 0 Å². The van der Waals surface area contributed by atoms with E-state index in [4.69, 9.17) is 5.73 Å². The molecule has 130 valence electrons. The number of fused-ring (bicyclic) bond motifs is 1. The van der Waals surface area contributed by atoms with Crippen LogP contribution in [0.15, 0.2) is 24.8 Å². The zero-order valence-corrected chi connectivity index (χ0v) is 15.3. The molecule has 3 aromatic rings. The zero-order chi connectivity index (χ0) is 18.1. The molecule has 7 nitrogen and oxygen atoms in total. The van der Waals surface area contributed by atoms with Gasteiger partial charge in [-0.3, -0.25) is 4.79 Å². The molecule has 0 aliphatic heterocycles. The predicted octanol–water partition coefficient (Wildman–Crippen LogP) is 2.34. The topological polar surface area (TPSA) is 107 Å². The molecule has 0 saturated heterocycles. The third kappa shape index (κ3) is 3.13. The lowest BCUT2D eigenvalue weighted by atomic mass is 9.93. The largest absolute Gasteiger partial charge is 0.382 e. The highest BCUT2D eigenvalue weighted by Crippen LogP contribution is 2.28. The van der Waals surface area contributed by atoms with Crippen molar-refractivity contribution in [1.82, 2.24) is 19.5 Å². The Kier molecular flexibility index (Phi) is 4.79. The molecule has 2 unspecified atom stereocenters. The second kappa shape index (κ2) is 6.86. The Bertz CT molecular complexity index is 930. The Morgan fingerprint density at radius 3 is 2.56 bits per heavy atom. The number of anilines is 1. The van der Waals surface area contributed by atoms with Gasteiger partial charge in [-0.1, -0.05) is 17.7 Å². The average Bonchev–Trinajstić information content (AvgIpc) is 2.96. The first-order chi connectivity index (χ1) is 11.9. The smallest absolute Gasteiger partial charge is 0.186 e. The number of carbonyl (C=O) groups excluding carboxylic acids is 1. The van der Waals surface area contributed by atoms with Gasteiger partial charge in [-0.2, -0.15) is 0 Å². The summed E-state index contributed by atoms with van der Waals surface area (Å²) in [6, 6.07) is 3.39. The molecule has 0 aliphatic carbocycles. The maximum absolute atomic E-state index is 13.3. The molecule has 25 heavy (non-hydrogen) atoms. The number of nitrogens with zero attached hydrogens (tertiary/aromatic N) is 4. The second-order valence-electron chi connectivity index (χ2n) is 6.10. The standard InChI is InChI=1S/C17H20N5O2P/c1-9-4-10(2)13(11(3)5-9)15(23)12(6-25-24)22-8-21-14-16(18)19-7-20-17(14)22/h4-5,7-8,12,24-25H,6H2,1-3H3,(H2,18,19,20). The highest BCUT2D eigenvalue weighted by Gasteiger charge is 2.26. The van der Waals surface area contributed by atoms with Gasteiger partial charge in [0.25, 0.3) is 0 Å². The minimum absolute atomic E-state index is 0.0620. The quantitative estimate of drug-likeness (QED) is 0.536. The van der Waals surface area contributed by atoms with E-state index in [0.717, 1.165) is 16.7 Å². The summed E-state index contributed by atoms with van der Waals surface area (Å²) >= 11 is 0. The SMILES string of the molecule is Cc1cc(C)c(C(=O)C(CPO)n2cnc3c(N)ncnc32)c(C)c1. The minimum Gasteiger partial charge on any atom is -0.382 e. The Labute approximate surface area is 147 Å². The van der Waals surface area contributed by atoms with Gasteiger partial charge < -0.3 is 15.2 Å². The summed E-state index contributed by atoms with van der Waals surface area (Å²) in [5.41, 5.74) is 10.4. The lowest BCUT2D eigenvalue weighted by Crippen LogP contribution is -2.23. The fourth-order valence-electron chi connectivity index (χ4n) is 3.24. The molecule has 8 heteroatoms. The van der Waals surface area contributed by atoms with Gasteiger partial charge in [0.1, 0.15) is 17.9 Å². The van der Waals surface area contributed by atoms with Crippen molar-refractivity contribution in [3.8, 4) is 0 Å². The predicted molar refractivity (Wildman–Crippen MR) is 99.2 cm³/mol. The van der Waals surface area contributed by atoms with Crippen molar-refractivity contribution < 1.29 is 9.69 Å². The molecule has 0 spiro atoms. The number of benzene rings is 1. The van der Waals surface area contributed by atoms with Crippen LogP contribution in [0.1, 0.15) is 33.1 Å². The third-order valence-electron chi connectivity index (χ3n) is 4.23. The number of nitrogen functional groups attached to an aromatic ring is 1. The summed E-state index contributed by atoms with van der Waals surface area (Å²) in [7, 11) is -0.371. The molecule has 0 aliphatic rings. The van der Waals surface area contributed by atoms with Crippen LogP contribution in [0.5, 0.6) is 0 Å². The van der Waals surface area contributed by atoms with Crippen LogP contribution in [0.3, 0.4) is 0 Å². The number of carbonyl (C=O) groups is 1. The molecule has 0 fully saturated rings. The van der Waals surface area contributed by atoms with Crippen LogP contribution < -0.4 is 5.73 Å². The van der Waals surface area contributed by atoms with E-state index in [1.165, 1.54) is 12.7 Å². The summed E-state index contributed by atoms with van der Waals surface area (Å²) < 4.78 is 1.68. The van der Waals surface area contributed by atoms with E-state index < -0.39 is 6.04 Å². The maximum atomic E-state index is 13.3. The zero-order valence-electron chi connectivity index (χ0n) is 14.3. The second-order valence-corrected chi connectivity index (χ2v) is 6.82. The summed E-state index contributed by atoms with van der Waals surface area (Å²) in [6.45, 7) is 5.86. The molecular formula is C17H20N5O2P. The van der Waals surface area contributed by atoms with Gasteiger partial charge in [0.2, 0.25) is 0 Å². The third-order valence-corrected chi connectivity index (χ3v) is 4.80. The van der Waals surface area contributed by atoms with Crippen molar-refractivity contribution in [2.75, 3.05) is 11.9 Å². The molecule has 2 heterocycles. The van der Waals surface area contributed by atoms with E-state index in [-0.39, 0.29) is 20.4 Å². The first-order valence-corrected chi connectivity index (χ1v) is 9.01. The van der Waals surface area contributed by atoms with Gasteiger partial charge in [0.05, 0.1) is 6.33 Å². The highest BCUT2D eigenvalue weighted by atomic mass is 31.1. The number of ketones is 1. The average molecular weight is 357 g/mol. The van der Waals surface area contributed by atoms with Gasteiger partial charge in [0, 0.05) is 20.5 Å². The monoisotopic (exact) mass is 357 g/mol. The number of imidazole rings is 1. The van der Waals surface area contributed by atoms with Crippen molar-refractivity contribution >= 4 is 31.6 Å². The van der Waals surface area contributed by atoms with Crippen molar-refractivity contribution in [2.45, 2.75) is 26.8 Å². The number of hydrogen-bond acceptors (Lipinski definition) is 6. The fraction of sp³-hybridized carbons (Fsp3) is 0.294. The van der Waals surface area contributed by atoms with Crippen molar-refractivity contribution in [3.63, 3.8) is 0 Å². The van der Waals surface area contributed by atoms with Crippen LogP contribution in [0.25, 0.3) is 11.2 Å². The van der Waals surface area contributed by atoms with E-state index in [1.54, 1.807) is 4.57 Å². The molecule has 2 atom stereocenters. The van der Waals surface area contributed by atoms with E-state index in [2.05, 4.69) is 15.0 Å². The highest BCUT2D eigenvalue weighted by molar-refractivity contribution is 7.31. The Morgan fingerprint density at radius 2 is 1.92 bits per heavy atom. The molecule has 3 N–H and O–H groups in total. The van der Waals surface area contributed by atoms with Crippen molar-refractivity contribution in [3.05, 3.63) is 47.0 Å². The molecule has 2 aromatic heterocycles. The normalized spacial score (nSPS) is 13.0. The van der Waals surface area contributed by atoms with E-state index >= 15 is 0 Å². The molecule has 0 saturated carbocycles. The Morgan fingerprint density at radius 1 is 1.24 bits per heavy atom.